The lowest BCUT2D eigenvalue weighted by molar-refractivity contribution is -0.0123. The molecule has 0 spiro atoms. The number of carbonyl (C=O) groups is 2. The van der Waals surface area contributed by atoms with Gasteiger partial charge in [0.15, 0.2) is 0 Å². The molecular formula is C31H52N4O5. The van der Waals surface area contributed by atoms with Crippen molar-refractivity contribution in [1.29, 1.82) is 0 Å². The molecule has 1 aromatic carbocycles. The van der Waals surface area contributed by atoms with Gasteiger partial charge >= 0.3 is 6.03 Å². The first-order chi connectivity index (χ1) is 19.1. The summed E-state index contributed by atoms with van der Waals surface area (Å²) in [6.45, 7) is 7.16. The third kappa shape index (κ3) is 8.99. The second kappa shape index (κ2) is 15.5. The fraction of sp³-hybridized carbons (Fsp3) is 0.742. The van der Waals surface area contributed by atoms with Crippen molar-refractivity contribution in [2.24, 2.45) is 5.92 Å². The van der Waals surface area contributed by atoms with E-state index in [2.05, 4.69) is 12.2 Å². The van der Waals surface area contributed by atoms with Gasteiger partial charge in [-0.05, 0) is 64.2 Å². The molecule has 1 fully saturated rings. The lowest BCUT2D eigenvalue weighted by atomic mass is 9.96. The molecule has 0 radical (unpaired) electrons. The zero-order chi connectivity index (χ0) is 29.2. The van der Waals surface area contributed by atoms with E-state index in [-0.39, 0.29) is 42.7 Å². The van der Waals surface area contributed by atoms with Crippen LogP contribution >= 0.6 is 0 Å². The standard InChI is InChI=1S/C31H52N4O5/c1-22-19-35(23(2)21-36)30(37)27-18-26(33(4)5)15-16-28(27)40-24(3)12-10-11-17-39-29(22)20-34(6)31(38)32-25-13-8-7-9-14-25/h15-16,18,22-25,29,36H,7-14,17,19-21H2,1-6H3,(H,32,38)/t22-,23-,24+,29-/m0/s1. The summed E-state index contributed by atoms with van der Waals surface area (Å²) >= 11 is 0. The molecule has 1 heterocycles. The van der Waals surface area contributed by atoms with Crippen molar-refractivity contribution >= 4 is 17.6 Å². The first kappa shape index (κ1) is 32.0. The number of ether oxygens (including phenoxy) is 2. The zero-order valence-corrected chi connectivity index (χ0v) is 25.5. The minimum absolute atomic E-state index is 0.0623. The Kier molecular flexibility index (Phi) is 12.4. The molecule has 0 unspecified atom stereocenters. The average Bonchev–Trinajstić information content (AvgIpc) is 2.94. The predicted octanol–water partition coefficient (Wildman–Crippen LogP) is 4.52. The molecule has 1 saturated carbocycles. The maximum Gasteiger partial charge on any atom is 0.317 e. The third-order valence-corrected chi connectivity index (χ3v) is 8.28. The van der Waals surface area contributed by atoms with Gasteiger partial charge in [-0.3, -0.25) is 4.79 Å². The molecule has 9 heteroatoms. The van der Waals surface area contributed by atoms with Crippen LogP contribution in [0.25, 0.3) is 0 Å². The van der Waals surface area contributed by atoms with E-state index >= 15 is 0 Å². The van der Waals surface area contributed by atoms with Crippen LogP contribution in [0, 0.1) is 5.92 Å². The molecular weight excluding hydrogens is 508 g/mol. The van der Waals surface area contributed by atoms with Gasteiger partial charge in [0.25, 0.3) is 5.91 Å². The summed E-state index contributed by atoms with van der Waals surface area (Å²) in [7, 11) is 5.70. The summed E-state index contributed by atoms with van der Waals surface area (Å²) in [4.78, 5) is 32.5. The molecule has 0 bridgehead atoms. The van der Waals surface area contributed by atoms with E-state index in [4.69, 9.17) is 9.47 Å². The van der Waals surface area contributed by atoms with Gasteiger partial charge in [0.05, 0.1) is 30.4 Å². The number of amides is 3. The van der Waals surface area contributed by atoms with Crippen molar-refractivity contribution < 1.29 is 24.2 Å². The molecule has 2 aliphatic rings. The second-order valence-corrected chi connectivity index (χ2v) is 12.0. The number of urea groups is 1. The number of aliphatic hydroxyl groups is 1. The molecule has 3 rings (SSSR count). The Hall–Kier alpha value is -2.52. The first-order valence-corrected chi connectivity index (χ1v) is 15.1. The maximum atomic E-state index is 14.1. The topological polar surface area (TPSA) is 94.6 Å². The molecule has 2 N–H and O–H groups in total. The number of aliphatic hydroxyl groups excluding tert-OH is 1. The quantitative estimate of drug-likeness (QED) is 0.531. The molecule has 0 saturated heterocycles. The van der Waals surface area contributed by atoms with E-state index in [9.17, 15) is 14.7 Å². The Labute approximate surface area is 241 Å². The lowest BCUT2D eigenvalue weighted by Crippen LogP contribution is -2.50. The van der Waals surface area contributed by atoms with Gasteiger partial charge in [-0.1, -0.05) is 26.2 Å². The smallest absolute Gasteiger partial charge is 0.317 e. The number of hydrogen-bond acceptors (Lipinski definition) is 6. The van der Waals surface area contributed by atoms with Crippen LogP contribution in [0.5, 0.6) is 5.75 Å². The number of nitrogens with one attached hydrogen (secondary N) is 1. The lowest BCUT2D eigenvalue weighted by Gasteiger charge is -2.36. The van der Waals surface area contributed by atoms with Crippen LogP contribution in [-0.4, -0.2) is 98.6 Å². The van der Waals surface area contributed by atoms with E-state index in [0.29, 0.717) is 31.0 Å². The fourth-order valence-electron chi connectivity index (χ4n) is 5.54. The zero-order valence-electron chi connectivity index (χ0n) is 25.5. The molecule has 4 atom stereocenters. The van der Waals surface area contributed by atoms with Crippen LogP contribution < -0.4 is 15.0 Å². The minimum atomic E-state index is -0.399. The number of rotatable bonds is 6. The number of hydrogen-bond donors (Lipinski definition) is 2. The van der Waals surface area contributed by atoms with Crippen LogP contribution in [0.15, 0.2) is 18.2 Å². The molecule has 226 valence electrons. The normalized spacial score (nSPS) is 24.3. The van der Waals surface area contributed by atoms with Gasteiger partial charge in [-0.25, -0.2) is 4.79 Å². The summed E-state index contributed by atoms with van der Waals surface area (Å²) in [5.41, 5.74) is 1.39. The minimum Gasteiger partial charge on any atom is -0.490 e. The summed E-state index contributed by atoms with van der Waals surface area (Å²) in [6, 6.07) is 5.47. The van der Waals surface area contributed by atoms with Crippen LogP contribution in [0.3, 0.4) is 0 Å². The van der Waals surface area contributed by atoms with Gasteiger partial charge in [-0.2, -0.15) is 0 Å². The van der Waals surface area contributed by atoms with E-state index in [1.54, 1.807) is 9.80 Å². The predicted molar refractivity (Wildman–Crippen MR) is 159 cm³/mol. The summed E-state index contributed by atoms with van der Waals surface area (Å²) in [5, 5.41) is 13.3. The number of likely N-dealkylation sites (N-methyl/N-ethyl adjacent to an activating group) is 1. The van der Waals surface area contributed by atoms with Gasteiger partial charge in [0.1, 0.15) is 5.75 Å². The summed E-state index contributed by atoms with van der Waals surface area (Å²) < 4.78 is 12.7. The van der Waals surface area contributed by atoms with E-state index in [1.165, 1.54) is 6.42 Å². The SMILES string of the molecule is C[C@@H]1CCCCO[C@@H](CN(C)C(=O)NC2CCCCC2)[C@@H](C)CN([C@@H](C)CO)C(=O)c2cc(N(C)C)ccc2O1. The number of anilines is 1. The Bertz CT molecular complexity index is 952. The van der Waals surface area contributed by atoms with Crippen LogP contribution in [0.1, 0.15) is 82.5 Å². The number of carbonyl (C=O) groups excluding carboxylic acids is 2. The van der Waals surface area contributed by atoms with Gasteiger partial charge in [0, 0.05) is 58.5 Å². The van der Waals surface area contributed by atoms with Crippen LogP contribution in [0.4, 0.5) is 10.5 Å². The van der Waals surface area contributed by atoms with E-state index in [0.717, 1.165) is 50.6 Å². The summed E-state index contributed by atoms with van der Waals surface area (Å²) in [6.07, 6.45) is 7.97. The summed E-state index contributed by atoms with van der Waals surface area (Å²) in [5.74, 6) is 0.305. The second-order valence-electron chi connectivity index (χ2n) is 12.0. The number of nitrogens with zero attached hydrogens (tertiary/aromatic N) is 3. The molecule has 40 heavy (non-hydrogen) atoms. The molecule has 1 aliphatic heterocycles. The third-order valence-electron chi connectivity index (χ3n) is 8.28. The highest BCUT2D eigenvalue weighted by molar-refractivity contribution is 5.98. The number of benzene rings is 1. The average molecular weight is 561 g/mol. The Morgan fingerprint density at radius 2 is 1.80 bits per heavy atom. The van der Waals surface area contributed by atoms with Gasteiger partial charge < -0.3 is 34.6 Å². The first-order valence-electron chi connectivity index (χ1n) is 15.1. The Balaban J connectivity index is 1.85. The molecule has 0 aromatic heterocycles. The van der Waals surface area contributed by atoms with Crippen molar-refractivity contribution in [3.8, 4) is 5.75 Å². The maximum absolute atomic E-state index is 14.1. The Morgan fingerprint density at radius 3 is 2.48 bits per heavy atom. The number of fused-ring (bicyclic) bond motifs is 1. The van der Waals surface area contributed by atoms with Crippen LogP contribution in [-0.2, 0) is 4.74 Å². The molecule has 1 aliphatic carbocycles. The van der Waals surface area contributed by atoms with Gasteiger partial charge in [0.2, 0.25) is 0 Å². The Morgan fingerprint density at radius 1 is 1.10 bits per heavy atom. The van der Waals surface area contributed by atoms with Crippen LogP contribution in [0.2, 0.25) is 0 Å². The highest BCUT2D eigenvalue weighted by Crippen LogP contribution is 2.29. The highest BCUT2D eigenvalue weighted by atomic mass is 16.5. The van der Waals surface area contributed by atoms with Crippen molar-refractivity contribution in [1.82, 2.24) is 15.1 Å². The monoisotopic (exact) mass is 560 g/mol. The molecule has 1 aromatic rings. The van der Waals surface area contributed by atoms with Gasteiger partial charge in [-0.15, -0.1) is 0 Å². The van der Waals surface area contributed by atoms with Crippen molar-refractivity contribution in [2.45, 2.75) is 96.4 Å². The van der Waals surface area contributed by atoms with Crippen molar-refractivity contribution in [3.63, 3.8) is 0 Å². The fourth-order valence-corrected chi connectivity index (χ4v) is 5.54. The van der Waals surface area contributed by atoms with Crippen molar-refractivity contribution in [3.05, 3.63) is 23.8 Å². The highest BCUT2D eigenvalue weighted by Gasteiger charge is 2.31. The van der Waals surface area contributed by atoms with E-state index in [1.807, 2.05) is 58.1 Å². The van der Waals surface area contributed by atoms with Crippen molar-refractivity contribution in [2.75, 3.05) is 52.3 Å². The largest absolute Gasteiger partial charge is 0.490 e. The van der Waals surface area contributed by atoms with E-state index < -0.39 is 6.04 Å². The molecule has 9 nitrogen and oxygen atoms in total. The molecule has 3 amide bonds.